The lowest BCUT2D eigenvalue weighted by atomic mass is 9.96. The van der Waals surface area contributed by atoms with Crippen LogP contribution in [0.15, 0.2) is 54.6 Å². The summed E-state index contributed by atoms with van der Waals surface area (Å²) in [5.41, 5.74) is 9.97. The van der Waals surface area contributed by atoms with Gasteiger partial charge in [-0.1, -0.05) is 48.0 Å². The maximum absolute atomic E-state index is 10.2. The summed E-state index contributed by atoms with van der Waals surface area (Å²) >= 11 is 0. The highest BCUT2D eigenvalue weighted by atomic mass is 16.3. The molecule has 0 atom stereocenters. The van der Waals surface area contributed by atoms with Crippen molar-refractivity contribution in [2.45, 2.75) is 13.3 Å². The number of aromatic hydroxyl groups is 1. The fourth-order valence-corrected chi connectivity index (χ4v) is 2.59. The Hall–Kier alpha value is -2.48. The number of hydrogen-bond acceptors (Lipinski definition) is 2. The largest absolute Gasteiger partial charge is 0.508 e. The minimum absolute atomic E-state index is 0.324. The Kier molecular flexibility index (Phi) is 3.07. The maximum atomic E-state index is 10.2. The van der Waals surface area contributed by atoms with Crippen molar-refractivity contribution in [3.05, 3.63) is 71.3 Å². The average Bonchev–Trinajstić information content (AvgIpc) is 2.46. The first-order valence-corrected chi connectivity index (χ1v) is 6.70. The van der Waals surface area contributed by atoms with Crippen molar-refractivity contribution in [3.63, 3.8) is 0 Å². The molecule has 100 valence electrons. The van der Waals surface area contributed by atoms with Crippen LogP contribution in [0, 0.1) is 6.92 Å². The van der Waals surface area contributed by atoms with Crippen LogP contribution in [0.5, 0.6) is 5.75 Å². The van der Waals surface area contributed by atoms with Crippen LogP contribution in [-0.2, 0) is 6.42 Å². The summed E-state index contributed by atoms with van der Waals surface area (Å²) in [5.74, 6) is 0.324. The second-order valence-corrected chi connectivity index (χ2v) is 5.16. The molecular weight excluding hydrogens is 246 g/mol. The standard InChI is InChI=1S/C18H17NO/c1-12-6-8-17(19)14(10-12)11-16-15-5-3-2-4-13(15)7-9-18(16)20/h2-10,20H,11,19H2,1H3. The number of fused-ring (bicyclic) bond motifs is 1. The summed E-state index contributed by atoms with van der Waals surface area (Å²) in [5, 5.41) is 12.4. The number of aryl methyl sites for hydroxylation is 1. The molecule has 2 heteroatoms. The lowest BCUT2D eigenvalue weighted by Crippen LogP contribution is -1.97. The van der Waals surface area contributed by atoms with Gasteiger partial charge in [-0.25, -0.2) is 0 Å². The molecule has 3 rings (SSSR count). The molecule has 20 heavy (non-hydrogen) atoms. The van der Waals surface area contributed by atoms with E-state index in [4.69, 9.17) is 5.73 Å². The summed E-state index contributed by atoms with van der Waals surface area (Å²) in [4.78, 5) is 0. The van der Waals surface area contributed by atoms with E-state index in [0.29, 0.717) is 12.2 Å². The molecule has 2 nitrogen and oxygen atoms in total. The van der Waals surface area contributed by atoms with Gasteiger partial charge in [0.15, 0.2) is 0 Å². The van der Waals surface area contributed by atoms with Gasteiger partial charge in [-0.05, 0) is 35.4 Å². The van der Waals surface area contributed by atoms with Gasteiger partial charge < -0.3 is 10.8 Å². The smallest absolute Gasteiger partial charge is 0.119 e. The molecule has 0 aromatic heterocycles. The second-order valence-electron chi connectivity index (χ2n) is 5.16. The van der Waals surface area contributed by atoms with Crippen LogP contribution in [0.25, 0.3) is 10.8 Å². The number of phenols is 1. The van der Waals surface area contributed by atoms with E-state index in [2.05, 4.69) is 12.1 Å². The molecule has 0 radical (unpaired) electrons. The van der Waals surface area contributed by atoms with E-state index in [-0.39, 0.29) is 0 Å². The van der Waals surface area contributed by atoms with E-state index in [1.54, 1.807) is 6.07 Å². The Bertz CT molecular complexity index is 777. The zero-order valence-electron chi connectivity index (χ0n) is 11.4. The summed E-state index contributed by atoms with van der Waals surface area (Å²) in [6.07, 6.45) is 0.640. The van der Waals surface area contributed by atoms with Crippen molar-refractivity contribution in [3.8, 4) is 5.75 Å². The third-order valence-corrected chi connectivity index (χ3v) is 3.68. The van der Waals surface area contributed by atoms with Gasteiger partial charge in [0.2, 0.25) is 0 Å². The molecule has 3 aromatic rings. The van der Waals surface area contributed by atoms with Crippen molar-refractivity contribution in [1.29, 1.82) is 0 Å². The zero-order valence-corrected chi connectivity index (χ0v) is 11.4. The Morgan fingerprint density at radius 3 is 2.65 bits per heavy atom. The second kappa shape index (κ2) is 4.89. The van der Waals surface area contributed by atoms with Crippen LogP contribution < -0.4 is 5.73 Å². The zero-order chi connectivity index (χ0) is 14.1. The topological polar surface area (TPSA) is 46.2 Å². The van der Waals surface area contributed by atoms with Crippen molar-refractivity contribution in [1.82, 2.24) is 0 Å². The van der Waals surface area contributed by atoms with E-state index >= 15 is 0 Å². The van der Waals surface area contributed by atoms with Crippen LogP contribution in [0.3, 0.4) is 0 Å². The molecule has 0 unspecified atom stereocenters. The Balaban J connectivity index is 2.15. The summed E-state index contributed by atoms with van der Waals surface area (Å²) < 4.78 is 0. The van der Waals surface area contributed by atoms with E-state index < -0.39 is 0 Å². The molecular formula is C18H17NO. The summed E-state index contributed by atoms with van der Waals surface area (Å²) in [7, 11) is 0. The number of anilines is 1. The van der Waals surface area contributed by atoms with Crippen molar-refractivity contribution in [2.75, 3.05) is 5.73 Å². The van der Waals surface area contributed by atoms with E-state index in [9.17, 15) is 5.11 Å². The number of hydrogen-bond donors (Lipinski definition) is 2. The highest BCUT2D eigenvalue weighted by molar-refractivity contribution is 5.88. The lowest BCUT2D eigenvalue weighted by Gasteiger charge is -2.11. The predicted octanol–water partition coefficient (Wildman–Crippen LogP) is 4.03. The van der Waals surface area contributed by atoms with Crippen LogP contribution in [0.2, 0.25) is 0 Å². The Morgan fingerprint density at radius 1 is 1.00 bits per heavy atom. The predicted molar refractivity (Wildman–Crippen MR) is 84.0 cm³/mol. The van der Waals surface area contributed by atoms with Gasteiger partial charge in [0.1, 0.15) is 5.75 Å². The van der Waals surface area contributed by atoms with Crippen molar-refractivity contribution >= 4 is 16.5 Å². The van der Waals surface area contributed by atoms with Crippen molar-refractivity contribution in [2.24, 2.45) is 0 Å². The van der Waals surface area contributed by atoms with Crippen LogP contribution in [0.4, 0.5) is 5.69 Å². The average molecular weight is 263 g/mol. The van der Waals surface area contributed by atoms with Gasteiger partial charge in [-0.15, -0.1) is 0 Å². The fourth-order valence-electron chi connectivity index (χ4n) is 2.59. The SMILES string of the molecule is Cc1ccc(N)c(Cc2c(O)ccc3ccccc23)c1. The van der Waals surface area contributed by atoms with Gasteiger partial charge in [0.25, 0.3) is 0 Å². The van der Waals surface area contributed by atoms with Gasteiger partial charge in [0.05, 0.1) is 0 Å². The van der Waals surface area contributed by atoms with Crippen LogP contribution >= 0.6 is 0 Å². The molecule has 0 saturated carbocycles. The van der Waals surface area contributed by atoms with Gasteiger partial charge >= 0.3 is 0 Å². The first-order valence-electron chi connectivity index (χ1n) is 6.70. The molecule has 0 fully saturated rings. The van der Waals surface area contributed by atoms with E-state index in [1.807, 2.05) is 43.3 Å². The molecule has 0 spiro atoms. The van der Waals surface area contributed by atoms with Crippen LogP contribution in [-0.4, -0.2) is 5.11 Å². The fraction of sp³-hybridized carbons (Fsp3) is 0.111. The third kappa shape index (κ3) is 2.21. The van der Waals surface area contributed by atoms with E-state index in [0.717, 1.165) is 27.6 Å². The summed E-state index contributed by atoms with van der Waals surface area (Å²) in [6.45, 7) is 2.05. The molecule has 3 aromatic carbocycles. The molecule has 0 aliphatic heterocycles. The van der Waals surface area contributed by atoms with Gasteiger partial charge in [-0.2, -0.15) is 0 Å². The highest BCUT2D eigenvalue weighted by Gasteiger charge is 2.09. The molecule has 0 saturated heterocycles. The van der Waals surface area contributed by atoms with Gasteiger partial charge in [0, 0.05) is 17.7 Å². The monoisotopic (exact) mass is 263 g/mol. The maximum Gasteiger partial charge on any atom is 0.119 e. The first kappa shape index (κ1) is 12.5. The number of rotatable bonds is 2. The minimum atomic E-state index is 0.324. The van der Waals surface area contributed by atoms with Gasteiger partial charge in [-0.3, -0.25) is 0 Å². The highest BCUT2D eigenvalue weighted by Crippen LogP contribution is 2.30. The summed E-state index contributed by atoms with van der Waals surface area (Å²) in [6, 6.07) is 17.8. The molecule has 0 aliphatic carbocycles. The van der Waals surface area contributed by atoms with Crippen LogP contribution in [0.1, 0.15) is 16.7 Å². The minimum Gasteiger partial charge on any atom is -0.508 e. The van der Waals surface area contributed by atoms with E-state index in [1.165, 1.54) is 5.56 Å². The molecule has 3 N–H and O–H groups in total. The lowest BCUT2D eigenvalue weighted by molar-refractivity contribution is 0.470. The number of nitrogen functional groups attached to an aromatic ring is 1. The van der Waals surface area contributed by atoms with Crippen molar-refractivity contribution < 1.29 is 5.11 Å². The molecule has 0 heterocycles. The normalized spacial score (nSPS) is 10.8. The number of nitrogens with two attached hydrogens (primary N) is 1. The molecule has 0 amide bonds. The quantitative estimate of drug-likeness (QED) is 0.686. The Labute approximate surface area is 118 Å². The molecule has 0 aliphatic rings. The Morgan fingerprint density at radius 2 is 1.80 bits per heavy atom. The number of phenolic OH excluding ortho intramolecular Hbond substituents is 1. The number of benzene rings is 3. The first-order chi connectivity index (χ1) is 9.65. The third-order valence-electron chi connectivity index (χ3n) is 3.68. The molecule has 0 bridgehead atoms.